The lowest BCUT2D eigenvalue weighted by Crippen LogP contribution is -2.36. The molecular weight excluding hydrogens is 462 g/mol. The monoisotopic (exact) mass is 493 g/mol. The van der Waals surface area contributed by atoms with Gasteiger partial charge >= 0.3 is 12.2 Å². The number of hydrogen-bond acceptors (Lipinski definition) is 8. The summed E-state index contributed by atoms with van der Waals surface area (Å²) in [5, 5.41) is 3.34. The lowest BCUT2D eigenvalue weighted by atomic mass is 10.2. The number of hydrogen-bond donors (Lipinski definition) is 3. The van der Waals surface area contributed by atoms with Crippen LogP contribution >= 0.6 is 23.6 Å². The van der Waals surface area contributed by atoms with Gasteiger partial charge in [-0.15, -0.1) is 11.3 Å². The molecule has 3 rings (SSSR count). The number of carbonyl (C=O) groups excluding carboxylic acids is 2. The van der Waals surface area contributed by atoms with Crippen molar-refractivity contribution in [1.82, 2.24) is 15.2 Å². The first-order chi connectivity index (χ1) is 15.6. The van der Waals surface area contributed by atoms with Crippen molar-refractivity contribution in [1.29, 1.82) is 0 Å². The highest BCUT2D eigenvalue weighted by atomic mass is 32.1. The van der Waals surface area contributed by atoms with Gasteiger partial charge in [0.25, 0.3) is 0 Å². The number of fused-ring (bicyclic) bond motifs is 1. The van der Waals surface area contributed by atoms with Gasteiger partial charge in [0.1, 0.15) is 17.2 Å². The predicted octanol–water partition coefficient (Wildman–Crippen LogP) is 3.09. The quantitative estimate of drug-likeness (QED) is 0.541. The number of benzene rings is 1. The number of thiazole rings is 1. The number of thiocarbonyl (C=S) groups is 1. The molecule has 9 nitrogen and oxygen atoms in total. The Morgan fingerprint density at radius 3 is 2.58 bits per heavy atom. The lowest BCUT2D eigenvalue weighted by Gasteiger charge is -2.25. The van der Waals surface area contributed by atoms with Gasteiger partial charge < -0.3 is 31.2 Å². The van der Waals surface area contributed by atoms with E-state index in [1.54, 1.807) is 37.0 Å². The molecule has 11 heteroatoms. The number of rotatable bonds is 5. The number of amides is 2. The molecule has 0 fully saturated rings. The smallest absolute Gasteiger partial charge is 0.410 e. The van der Waals surface area contributed by atoms with E-state index >= 15 is 0 Å². The molecule has 33 heavy (non-hydrogen) atoms. The van der Waals surface area contributed by atoms with Crippen LogP contribution in [-0.2, 0) is 35.6 Å². The van der Waals surface area contributed by atoms with Crippen molar-refractivity contribution < 1.29 is 19.1 Å². The summed E-state index contributed by atoms with van der Waals surface area (Å²) in [6.07, 6.45) is -0.00535. The molecule has 0 spiro atoms. The van der Waals surface area contributed by atoms with Crippen molar-refractivity contribution >= 4 is 40.7 Å². The number of nitrogens with two attached hydrogens (primary N) is 2. The maximum Gasteiger partial charge on any atom is 0.410 e. The predicted molar refractivity (Wildman–Crippen MR) is 132 cm³/mol. The average molecular weight is 494 g/mol. The highest BCUT2D eigenvalue weighted by molar-refractivity contribution is 7.80. The van der Waals surface area contributed by atoms with E-state index in [-0.39, 0.29) is 17.6 Å². The van der Waals surface area contributed by atoms with Crippen LogP contribution in [0.3, 0.4) is 0 Å². The second-order valence-electron chi connectivity index (χ2n) is 8.22. The molecule has 0 saturated carbocycles. The Bertz CT molecular complexity index is 944. The summed E-state index contributed by atoms with van der Waals surface area (Å²) in [6.45, 7) is 7.50. The van der Waals surface area contributed by atoms with Crippen molar-refractivity contribution in [2.24, 2.45) is 11.5 Å². The molecule has 0 aliphatic carbocycles. The molecule has 0 atom stereocenters. The summed E-state index contributed by atoms with van der Waals surface area (Å²) in [7, 11) is 0. The Kier molecular flexibility index (Phi) is 10.0. The second kappa shape index (κ2) is 12.5. The minimum Gasteiger partial charge on any atom is -0.445 e. The molecule has 1 aromatic carbocycles. The summed E-state index contributed by atoms with van der Waals surface area (Å²) in [5.74, 6) is 0. The number of nitrogens with one attached hydrogen (secondary N) is 1. The zero-order valence-electron chi connectivity index (χ0n) is 19.1. The lowest BCUT2D eigenvalue weighted by molar-refractivity contribution is 0.0536. The molecule has 5 N–H and O–H groups in total. The first kappa shape index (κ1) is 26.5. The van der Waals surface area contributed by atoms with Crippen molar-refractivity contribution in [3.8, 4) is 0 Å². The SMILES string of the molecule is CC(C)(C)OC(=O)NCC(N)=S.NCc1nc2c(s1)CN(C(=O)OCc1ccccc1)CC2. The molecule has 0 radical (unpaired) electrons. The summed E-state index contributed by atoms with van der Waals surface area (Å²) >= 11 is 6.15. The normalized spacial score (nSPS) is 12.7. The fraction of sp³-hybridized carbons (Fsp3) is 0.455. The number of nitrogens with zero attached hydrogens (tertiary/aromatic N) is 2. The number of aromatic nitrogens is 1. The van der Waals surface area contributed by atoms with Gasteiger partial charge in [0.15, 0.2) is 0 Å². The highest BCUT2D eigenvalue weighted by Gasteiger charge is 2.24. The van der Waals surface area contributed by atoms with Crippen LogP contribution in [-0.4, -0.2) is 45.7 Å². The van der Waals surface area contributed by atoms with E-state index in [0.29, 0.717) is 26.2 Å². The van der Waals surface area contributed by atoms with Gasteiger partial charge in [0.05, 0.1) is 23.8 Å². The van der Waals surface area contributed by atoms with Gasteiger partial charge in [-0.3, -0.25) is 0 Å². The fourth-order valence-electron chi connectivity index (χ4n) is 2.78. The average Bonchev–Trinajstić information content (AvgIpc) is 3.18. The topological polar surface area (TPSA) is 133 Å². The molecule has 1 aromatic heterocycles. The fourth-order valence-corrected chi connectivity index (χ4v) is 3.86. The van der Waals surface area contributed by atoms with Crippen LogP contribution in [0.1, 0.15) is 41.9 Å². The van der Waals surface area contributed by atoms with Gasteiger partial charge in [0.2, 0.25) is 0 Å². The molecular formula is C22H31N5O4S2. The third-order valence-electron chi connectivity index (χ3n) is 4.22. The van der Waals surface area contributed by atoms with E-state index < -0.39 is 11.7 Å². The van der Waals surface area contributed by atoms with Crippen LogP contribution < -0.4 is 16.8 Å². The Balaban J connectivity index is 0.000000277. The van der Waals surface area contributed by atoms with Crippen LogP contribution in [0.2, 0.25) is 0 Å². The zero-order chi connectivity index (χ0) is 24.4. The summed E-state index contributed by atoms with van der Waals surface area (Å²) in [5.41, 5.74) is 12.4. The highest BCUT2D eigenvalue weighted by Crippen LogP contribution is 2.25. The van der Waals surface area contributed by atoms with Crippen LogP contribution in [0.15, 0.2) is 30.3 Å². The number of carbonyl (C=O) groups is 2. The van der Waals surface area contributed by atoms with Crippen LogP contribution in [0, 0.1) is 0 Å². The van der Waals surface area contributed by atoms with Crippen molar-refractivity contribution in [3.63, 3.8) is 0 Å². The molecule has 2 aromatic rings. The van der Waals surface area contributed by atoms with E-state index in [1.165, 1.54) is 0 Å². The van der Waals surface area contributed by atoms with E-state index in [9.17, 15) is 9.59 Å². The largest absolute Gasteiger partial charge is 0.445 e. The zero-order valence-corrected chi connectivity index (χ0v) is 20.8. The summed E-state index contributed by atoms with van der Waals surface area (Å²) in [4.78, 5) is 30.6. The van der Waals surface area contributed by atoms with Gasteiger partial charge in [0, 0.05) is 24.4 Å². The Labute approximate surface area is 203 Å². The number of alkyl carbamates (subject to hydrolysis) is 1. The van der Waals surface area contributed by atoms with Crippen molar-refractivity contribution in [3.05, 3.63) is 51.5 Å². The van der Waals surface area contributed by atoms with Gasteiger partial charge in [-0.2, -0.15) is 0 Å². The minimum absolute atomic E-state index is 0.171. The molecule has 1 aliphatic rings. The molecule has 0 saturated heterocycles. The van der Waals surface area contributed by atoms with Crippen LogP contribution in [0.25, 0.3) is 0 Å². The molecule has 2 heterocycles. The Hall–Kier alpha value is -2.76. The first-order valence-electron chi connectivity index (χ1n) is 10.5. The van der Waals surface area contributed by atoms with Gasteiger partial charge in [-0.25, -0.2) is 14.6 Å². The molecule has 2 amide bonds. The third-order valence-corrected chi connectivity index (χ3v) is 5.47. The standard InChI is InChI=1S/C15H17N3O2S.C7H14N2O2S/c16-8-14-17-12-6-7-18(9-13(12)21-14)15(19)20-10-11-4-2-1-3-5-11;1-7(2,3)11-6(10)9-4-5(8)12/h1-5H,6-10,16H2;4H2,1-3H3,(H2,8,12)(H,9,10). The third kappa shape index (κ3) is 9.72. The van der Waals surface area contributed by atoms with E-state index in [0.717, 1.165) is 27.6 Å². The molecule has 0 unspecified atom stereocenters. The second-order valence-corrected chi connectivity index (χ2v) is 9.91. The van der Waals surface area contributed by atoms with Gasteiger partial charge in [-0.1, -0.05) is 42.5 Å². The van der Waals surface area contributed by atoms with Crippen LogP contribution in [0.4, 0.5) is 9.59 Å². The van der Waals surface area contributed by atoms with Gasteiger partial charge in [-0.05, 0) is 26.3 Å². The van der Waals surface area contributed by atoms with Crippen molar-refractivity contribution in [2.75, 3.05) is 13.1 Å². The maximum atomic E-state index is 12.1. The van der Waals surface area contributed by atoms with Crippen molar-refractivity contribution in [2.45, 2.75) is 52.5 Å². The molecule has 1 aliphatic heterocycles. The van der Waals surface area contributed by atoms with E-state index in [2.05, 4.69) is 22.5 Å². The number of ether oxygens (including phenoxy) is 2. The summed E-state index contributed by atoms with van der Waals surface area (Å²) in [6, 6.07) is 9.69. The minimum atomic E-state index is -0.504. The maximum absolute atomic E-state index is 12.1. The van der Waals surface area contributed by atoms with E-state index in [4.69, 9.17) is 20.9 Å². The summed E-state index contributed by atoms with van der Waals surface area (Å²) < 4.78 is 10.3. The van der Waals surface area contributed by atoms with Crippen LogP contribution in [0.5, 0.6) is 0 Å². The molecule has 0 bridgehead atoms. The molecule has 180 valence electrons. The Morgan fingerprint density at radius 2 is 1.97 bits per heavy atom. The Morgan fingerprint density at radius 1 is 1.27 bits per heavy atom. The van der Waals surface area contributed by atoms with E-state index in [1.807, 2.05) is 30.3 Å². The first-order valence-corrected chi connectivity index (χ1v) is 11.7.